The minimum atomic E-state index is -2.22. The summed E-state index contributed by atoms with van der Waals surface area (Å²) >= 11 is 0. The Morgan fingerprint density at radius 3 is 2.22 bits per heavy atom. The van der Waals surface area contributed by atoms with Crippen molar-refractivity contribution in [1.82, 2.24) is 26.2 Å². The lowest BCUT2D eigenvalue weighted by molar-refractivity contribution is -0.143. The van der Waals surface area contributed by atoms with Gasteiger partial charge in [0.25, 0.3) is 5.91 Å². The van der Waals surface area contributed by atoms with Gasteiger partial charge in [-0.1, -0.05) is 72.5 Å². The van der Waals surface area contributed by atoms with Crippen LogP contribution >= 0.6 is 0 Å². The normalized spacial score (nSPS) is 26.1. The molecule has 46 heavy (non-hydrogen) atoms. The van der Waals surface area contributed by atoms with Gasteiger partial charge in [-0.2, -0.15) is 0 Å². The Kier molecular flexibility index (Phi) is 13.4. The molecule has 4 atom stereocenters. The maximum Gasteiger partial charge on any atom is 0.289 e. The Hall–Kier alpha value is -2.82. The van der Waals surface area contributed by atoms with E-state index in [1.807, 2.05) is 20.8 Å². The third kappa shape index (κ3) is 9.84. The fourth-order valence-electron chi connectivity index (χ4n) is 6.84. The van der Waals surface area contributed by atoms with Crippen LogP contribution in [-0.2, 0) is 28.7 Å². The number of carbonyl (C=O) groups excluding carboxylic acids is 4. The van der Waals surface area contributed by atoms with Gasteiger partial charge >= 0.3 is 0 Å². The lowest BCUT2D eigenvalue weighted by Gasteiger charge is -2.46. The zero-order valence-corrected chi connectivity index (χ0v) is 29.5. The first-order chi connectivity index (χ1) is 21.7. The van der Waals surface area contributed by atoms with Gasteiger partial charge in [0.1, 0.15) is 12.1 Å². The molecule has 4 aliphatic rings. The van der Waals surface area contributed by atoms with E-state index in [1.54, 1.807) is 4.90 Å². The molecule has 0 aromatic carbocycles. The second kappa shape index (κ2) is 16.3. The molecule has 4 unspecified atom stereocenters. The Labute approximate surface area is 277 Å². The van der Waals surface area contributed by atoms with Crippen molar-refractivity contribution in [3.63, 3.8) is 0 Å². The van der Waals surface area contributed by atoms with Gasteiger partial charge in [-0.3, -0.25) is 23.4 Å². The SMILES string of the molecule is C=CCNC(=O)C(=O)CNC(=O)C1CCCN1C(=O)C(NC(=C)NC1(C2CCCS2(=C)=O)CCCCC1)C(C)(C)CC.CC1CC1. The molecule has 2 heterocycles. The van der Waals surface area contributed by atoms with E-state index < -0.39 is 51.2 Å². The van der Waals surface area contributed by atoms with Crippen LogP contribution in [0.1, 0.15) is 105 Å². The predicted molar refractivity (Wildman–Crippen MR) is 187 cm³/mol. The van der Waals surface area contributed by atoms with Gasteiger partial charge in [0.05, 0.1) is 23.2 Å². The lowest BCUT2D eigenvalue weighted by Crippen LogP contribution is -2.61. The molecule has 4 rings (SSSR count). The van der Waals surface area contributed by atoms with Crippen LogP contribution in [0.4, 0.5) is 0 Å². The van der Waals surface area contributed by atoms with Crippen molar-refractivity contribution in [3.05, 3.63) is 25.1 Å². The largest absolute Gasteiger partial charge is 0.366 e. The summed E-state index contributed by atoms with van der Waals surface area (Å²) in [5.41, 5.74) is -0.848. The number of carbonyl (C=O) groups is 4. The van der Waals surface area contributed by atoms with E-state index in [-0.39, 0.29) is 23.2 Å². The fourth-order valence-corrected chi connectivity index (χ4v) is 9.49. The Bertz CT molecular complexity index is 1240. The second-order valence-corrected chi connectivity index (χ2v) is 17.2. The highest BCUT2D eigenvalue weighted by molar-refractivity contribution is 8.01. The Balaban J connectivity index is 0.00000133. The molecule has 2 aliphatic heterocycles. The topological polar surface area (TPSA) is 137 Å². The quantitative estimate of drug-likeness (QED) is 0.127. The highest BCUT2D eigenvalue weighted by atomic mass is 32.2. The maximum absolute atomic E-state index is 14.1. The Morgan fingerprint density at radius 2 is 1.67 bits per heavy atom. The summed E-state index contributed by atoms with van der Waals surface area (Å²) in [4.78, 5) is 52.8. The average molecular weight is 662 g/mol. The summed E-state index contributed by atoms with van der Waals surface area (Å²) in [6, 6.07) is -1.41. The van der Waals surface area contributed by atoms with Crippen molar-refractivity contribution in [2.75, 3.05) is 25.4 Å². The predicted octanol–water partition coefficient (Wildman–Crippen LogP) is 3.42. The summed E-state index contributed by atoms with van der Waals surface area (Å²) in [5.74, 6) is 4.17. The standard InChI is InChI=1S/C31H51N5O5S.C4H8/c1-7-18-32-28(39)24(37)21-33-27(38)23-14-12-19-36(23)29(40)26(30(4,5)8-2)34-22(3)35-31(16-10-9-11-17-31)25-15-13-20-42(25,6)41;1-4-2-3-4/h7,23,25-26,34-35H,1,3,6,8-21H2,2,4-5H3,(H,32,39)(H,33,38);4H,2-3H2,1H3. The lowest BCUT2D eigenvalue weighted by atomic mass is 9.77. The molecule has 4 N–H and O–H groups in total. The highest BCUT2D eigenvalue weighted by Crippen LogP contribution is 2.40. The molecule has 0 radical (unpaired) electrons. The van der Waals surface area contributed by atoms with Crippen molar-refractivity contribution < 1.29 is 23.4 Å². The van der Waals surface area contributed by atoms with Gasteiger partial charge in [-0.05, 0) is 71.7 Å². The first-order valence-electron chi connectivity index (χ1n) is 17.2. The van der Waals surface area contributed by atoms with Crippen LogP contribution in [-0.4, -0.2) is 86.7 Å². The molecule has 11 heteroatoms. The van der Waals surface area contributed by atoms with Crippen molar-refractivity contribution >= 4 is 38.9 Å². The molecular weight excluding hydrogens is 602 g/mol. The number of rotatable bonds is 14. The van der Waals surface area contributed by atoms with E-state index in [2.05, 4.69) is 47.2 Å². The van der Waals surface area contributed by atoms with Gasteiger partial charge in [-0.15, -0.1) is 6.58 Å². The Morgan fingerprint density at radius 1 is 1.02 bits per heavy atom. The van der Waals surface area contributed by atoms with Gasteiger partial charge in [0.15, 0.2) is 0 Å². The van der Waals surface area contributed by atoms with E-state index in [0.29, 0.717) is 37.4 Å². The second-order valence-electron chi connectivity index (χ2n) is 14.5. The average Bonchev–Trinajstić information content (AvgIpc) is 3.48. The maximum atomic E-state index is 14.1. The number of ketones is 1. The smallest absolute Gasteiger partial charge is 0.289 e. The van der Waals surface area contributed by atoms with Crippen molar-refractivity contribution in [1.29, 1.82) is 0 Å². The summed E-state index contributed by atoms with van der Waals surface area (Å²) in [7, 11) is -2.22. The number of likely N-dealkylation sites (tertiary alicyclic amines) is 1. The number of hydrogen-bond donors (Lipinski definition) is 4. The molecule has 10 nitrogen and oxygen atoms in total. The number of Topliss-reactive ketones (excluding diaryl/α,β-unsaturated/α-hetero) is 1. The van der Waals surface area contributed by atoms with Gasteiger partial charge in [0, 0.05) is 18.8 Å². The monoisotopic (exact) mass is 661 g/mol. The molecule has 3 amide bonds. The number of nitrogens with zero attached hydrogens (tertiary/aromatic N) is 1. The molecule has 0 aromatic rings. The van der Waals surface area contributed by atoms with E-state index in [9.17, 15) is 23.4 Å². The van der Waals surface area contributed by atoms with Crippen molar-refractivity contribution in [3.8, 4) is 0 Å². The molecule has 0 spiro atoms. The van der Waals surface area contributed by atoms with E-state index in [4.69, 9.17) is 0 Å². The van der Waals surface area contributed by atoms with E-state index >= 15 is 0 Å². The summed E-state index contributed by atoms with van der Waals surface area (Å²) in [6.07, 6.45) is 13.0. The summed E-state index contributed by atoms with van der Waals surface area (Å²) < 4.78 is 13.4. The molecule has 4 fully saturated rings. The summed E-state index contributed by atoms with van der Waals surface area (Å²) in [5, 5.41) is 11.9. The third-order valence-electron chi connectivity index (χ3n) is 10.3. The first kappa shape index (κ1) is 37.6. The van der Waals surface area contributed by atoms with Crippen LogP contribution in [0.15, 0.2) is 25.1 Å². The third-order valence-corrected chi connectivity index (χ3v) is 13.0. The van der Waals surface area contributed by atoms with Gasteiger partial charge in [0.2, 0.25) is 17.6 Å². The van der Waals surface area contributed by atoms with E-state index in [0.717, 1.165) is 50.9 Å². The number of hydrogen-bond acceptors (Lipinski definition) is 7. The molecule has 2 aliphatic carbocycles. The molecule has 0 bridgehead atoms. The minimum Gasteiger partial charge on any atom is -0.366 e. The van der Waals surface area contributed by atoms with Gasteiger partial charge < -0.3 is 26.2 Å². The van der Waals surface area contributed by atoms with Crippen LogP contribution in [0.25, 0.3) is 0 Å². The molecule has 2 saturated carbocycles. The zero-order valence-electron chi connectivity index (χ0n) is 28.7. The first-order valence-corrected chi connectivity index (χ1v) is 19.2. The molecule has 0 aromatic heterocycles. The van der Waals surface area contributed by atoms with Crippen LogP contribution in [0.5, 0.6) is 0 Å². The molecule has 2 saturated heterocycles. The van der Waals surface area contributed by atoms with Crippen LogP contribution in [0.3, 0.4) is 0 Å². The molecule has 260 valence electrons. The molecular formula is C35H59N5O5S. The van der Waals surface area contributed by atoms with E-state index in [1.165, 1.54) is 18.9 Å². The van der Waals surface area contributed by atoms with Gasteiger partial charge in [-0.25, -0.2) is 0 Å². The number of nitrogens with one attached hydrogen (secondary N) is 4. The summed E-state index contributed by atoms with van der Waals surface area (Å²) in [6.45, 7) is 16.2. The van der Waals surface area contributed by atoms with Crippen molar-refractivity contribution in [2.24, 2.45) is 11.3 Å². The minimum absolute atomic E-state index is 0.0367. The van der Waals surface area contributed by atoms with Crippen LogP contribution < -0.4 is 21.3 Å². The van der Waals surface area contributed by atoms with Crippen LogP contribution in [0.2, 0.25) is 0 Å². The van der Waals surface area contributed by atoms with Crippen LogP contribution in [0, 0.1) is 11.3 Å². The fraction of sp³-hybridized carbons (Fsp3) is 0.743. The van der Waals surface area contributed by atoms with Crippen molar-refractivity contribution in [2.45, 2.75) is 128 Å². The zero-order chi connectivity index (χ0) is 34.1. The number of amides is 3. The highest BCUT2D eigenvalue weighted by Gasteiger charge is 2.47.